The van der Waals surface area contributed by atoms with Crippen LogP contribution in [0.2, 0.25) is 0 Å². The van der Waals surface area contributed by atoms with Crippen LogP contribution in [-0.2, 0) is 6.54 Å². The highest BCUT2D eigenvalue weighted by Gasteiger charge is 2.33. The maximum absolute atomic E-state index is 13.2. The van der Waals surface area contributed by atoms with E-state index in [0.29, 0.717) is 16.7 Å². The number of benzene rings is 1. The van der Waals surface area contributed by atoms with Crippen molar-refractivity contribution < 1.29 is 8.78 Å². The molecule has 1 saturated heterocycles. The second-order valence-corrected chi connectivity index (χ2v) is 7.97. The van der Waals surface area contributed by atoms with E-state index in [0.717, 1.165) is 39.7 Å². The fraction of sp³-hybridized carbons (Fsp3) is 0.421. The molecule has 1 unspecified atom stereocenters. The monoisotopic (exact) mass is 390 g/mol. The van der Waals surface area contributed by atoms with Gasteiger partial charge in [0, 0.05) is 11.4 Å². The number of aromatic nitrogens is 3. The molecule has 3 aromatic rings. The number of fused-ring (bicyclic) bond motifs is 1. The molecule has 8 heteroatoms. The van der Waals surface area contributed by atoms with Crippen molar-refractivity contribution in [2.75, 3.05) is 11.4 Å². The van der Waals surface area contributed by atoms with E-state index in [1.54, 1.807) is 35.6 Å². The van der Waals surface area contributed by atoms with Gasteiger partial charge in [0.25, 0.3) is 12.0 Å². The number of thiazole rings is 1. The predicted octanol–water partition coefficient (Wildman–Crippen LogP) is 4.08. The van der Waals surface area contributed by atoms with Crippen molar-refractivity contribution >= 4 is 27.4 Å². The predicted molar refractivity (Wildman–Crippen MR) is 103 cm³/mol. The zero-order valence-electron chi connectivity index (χ0n) is 15.2. The lowest BCUT2D eigenvalue weighted by molar-refractivity contribution is 0.123. The largest absolute Gasteiger partial charge is 0.338 e. The van der Waals surface area contributed by atoms with E-state index >= 15 is 0 Å². The number of aryl methyl sites for hydroxylation is 2. The lowest BCUT2D eigenvalue weighted by Crippen LogP contribution is -2.33. The molecular weight excluding hydrogens is 370 g/mol. The third-order valence-corrected chi connectivity index (χ3v) is 6.14. The van der Waals surface area contributed by atoms with Crippen LogP contribution in [0.4, 0.5) is 13.9 Å². The molecule has 1 aliphatic rings. The Bertz CT molecular complexity index is 1030. The Labute approximate surface area is 159 Å². The van der Waals surface area contributed by atoms with Gasteiger partial charge in [-0.25, -0.2) is 18.7 Å². The highest BCUT2D eigenvalue weighted by molar-refractivity contribution is 7.15. The number of nitrogens with zero attached hydrogens (tertiary/aromatic N) is 4. The van der Waals surface area contributed by atoms with Crippen LogP contribution in [0.1, 0.15) is 35.3 Å². The van der Waals surface area contributed by atoms with Crippen molar-refractivity contribution in [2.45, 2.75) is 45.7 Å². The molecule has 27 heavy (non-hydrogen) atoms. The molecule has 3 heterocycles. The van der Waals surface area contributed by atoms with E-state index in [2.05, 4.69) is 14.9 Å². The smallest absolute Gasteiger partial charge is 0.261 e. The van der Waals surface area contributed by atoms with Crippen molar-refractivity contribution in [2.24, 2.45) is 0 Å². The van der Waals surface area contributed by atoms with Crippen LogP contribution in [0, 0.1) is 13.8 Å². The molecule has 5 nitrogen and oxygen atoms in total. The summed E-state index contributed by atoms with van der Waals surface area (Å²) in [7, 11) is 0. The summed E-state index contributed by atoms with van der Waals surface area (Å²) in [5.41, 5.74) is 1.10. The van der Waals surface area contributed by atoms with Crippen molar-refractivity contribution in [1.82, 2.24) is 14.5 Å². The van der Waals surface area contributed by atoms with Crippen LogP contribution in [0.3, 0.4) is 0 Å². The van der Waals surface area contributed by atoms with E-state index in [4.69, 9.17) is 0 Å². The summed E-state index contributed by atoms with van der Waals surface area (Å²) in [5, 5.41) is 1.23. The normalized spacial score (nSPS) is 17.4. The molecule has 142 valence electrons. The Hall–Kier alpha value is -2.35. The molecule has 0 bridgehead atoms. The van der Waals surface area contributed by atoms with E-state index in [-0.39, 0.29) is 6.04 Å². The summed E-state index contributed by atoms with van der Waals surface area (Å²) in [5.74, 6) is 0.405. The van der Waals surface area contributed by atoms with Crippen LogP contribution in [0.15, 0.2) is 29.1 Å². The average Bonchev–Trinajstić information content (AvgIpc) is 3.24. The SMILES string of the molecule is Cc1nc(N2CCCC2c2nc3ccccc3c(=O)n2CC(F)F)sc1C. The molecular formula is C19H20F2N4OS. The van der Waals surface area contributed by atoms with Gasteiger partial charge in [-0.1, -0.05) is 12.1 Å². The minimum atomic E-state index is -2.62. The Morgan fingerprint density at radius 2 is 2.04 bits per heavy atom. The minimum Gasteiger partial charge on any atom is -0.338 e. The first kappa shape index (κ1) is 18.0. The minimum absolute atomic E-state index is 0.231. The molecule has 1 atom stereocenters. The van der Waals surface area contributed by atoms with Gasteiger partial charge in [0.05, 0.1) is 29.2 Å². The second kappa shape index (κ2) is 6.99. The van der Waals surface area contributed by atoms with Gasteiger partial charge in [-0.05, 0) is 38.8 Å². The zero-order valence-corrected chi connectivity index (χ0v) is 16.0. The first-order chi connectivity index (χ1) is 13.0. The quantitative estimate of drug-likeness (QED) is 0.674. The summed E-state index contributed by atoms with van der Waals surface area (Å²) < 4.78 is 27.6. The van der Waals surface area contributed by atoms with Crippen LogP contribution in [0.5, 0.6) is 0 Å². The summed E-state index contributed by atoms with van der Waals surface area (Å²) in [6.45, 7) is 4.10. The molecule has 0 spiro atoms. The molecule has 1 aliphatic heterocycles. The second-order valence-electron chi connectivity index (χ2n) is 6.78. The number of alkyl halides is 2. The number of anilines is 1. The van der Waals surface area contributed by atoms with Gasteiger partial charge in [-0.2, -0.15) is 0 Å². The molecule has 2 aromatic heterocycles. The zero-order chi connectivity index (χ0) is 19.1. The molecule has 1 aromatic carbocycles. The van der Waals surface area contributed by atoms with E-state index < -0.39 is 18.5 Å². The maximum atomic E-state index is 13.2. The molecule has 0 aliphatic carbocycles. The van der Waals surface area contributed by atoms with Gasteiger partial charge in [0.15, 0.2) is 5.13 Å². The van der Waals surface area contributed by atoms with Crippen LogP contribution in [0.25, 0.3) is 10.9 Å². The number of hydrogen-bond donors (Lipinski definition) is 0. The van der Waals surface area contributed by atoms with E-state index in [1.807, 2.05) is 13.8 Å². The standard InChI is InChI=1S/C19H20F2N4OS/c1-11-12(2)27-19(22-11)24-9-5-8-15(24)17-23-14-7-4-3-6-13(14)18(26)25(17)10-16(20)21/h3-4,6-7,15-16H,5,8-10H2,1-2H3. The van der Waals surface area contributed by atoms with Gasteiger partial charge < -0.3 is 4.90 Å². The Morgan fingerprint density at radius 1 is 1.26 bits per heavy atom. The lowest BCUT2D eigenvalue weighted by atomic mass is 10.1. The third kappa shape index (κ3) is 3.22. The fourth-order valence-corrected chi connectivity index (χ4v) is 4.58. The molecule has 0 saturated carbocycles. The first-order valence-electron chi connectivity index (χ1n) is 8.94. The lowest BCUT2D eigenvalue weighted by Gasteiger charge is -2.26. The van der Waals surface area contributed by atoms with Crippen molar-refractivity contribution in [3.8, 4) is 0 Å². The summed E-state index contributed by atoms with van der Waals surface area (Å²) in [6, 6.07) is 6.68. The van der Waals surface area contributed by atoms with E-state index in [9.17, 15) is 13.6 Å². The number of halogens is 2. The fourth-order valence-electron chi connectivity index (χ4n) is 3.60. The van der Waals surface area contributed by atoms with Gasteiger partial charge >= 0.3 is 0 Å². The summed E-state index contributed by atoms with van der Waals surface area (Å²) in [6.07, 6.45) is -0.964. The van der Waals surface area contributed by atoms with E-state index in [1.165, 1.54) is 0 Å². The number of hydrogen-bond acceptors (Lipinski definition) is 5. The van der Waals surface area contributed by atoms with Gasteiger partial charge in [-0.15, -0.1) is 11.3 Å². The van der Waals surface area contributed by atoms with Crippen molar-refractivity contribution in [3.05, 3.63) is 51.0 Å². The maximum Gasteiger partial charge on any atom is 0.261 e. The van der Waals surface area contributed by atoms with Crippen LogP contribution >= 0.6 is 11.3 Å². The van der Waals surface area contributed by atoms with Crippen molar-refractivity contribution in [3.63, 3.8) is 0 Å². The highest BCUT2D eigenvalue weighted by Crippen LogP contribution is 2.38. The van der Waals surface area contributed by atoms with Crippen LogP contribution < -0.4 is 10.5 Å². The Kier molecular flexibility index (Phi) is 4.67. The molecule has 0 amide bonds. The van der Waals surface area contributed by atoms with Crippen molar-refractivity contribution in [1.29, 1.82) is 0 Å². The number of para-hydroxylation sites is 1. The summed E-state index contributed by atoms with van der Waals surface area (Å²) in [4.78, 5) is 25.4. The average molecular weight is 390 g/mol. The molecule has 0 N–H and O–H groups in total. The molecule has 1 fully saturated rings. The highest BCUT2D eigenvalue weighted by atomic mass is 32.1. The van der Waals surface area contributed by atoms with Gasteiger partial charge in [0.2, 0.25) is 0 Å². The van der Waals surface area contributed by atoms with Gasteiger partial charge in [0.1, 0.15) is 5.82 Å². The third-order valence-electron chi connectivity index (χ3n) is 5.03. The summed E-state index contributed by atoms with van der Waals surface area (Å²) >= 11 is 1.59. The Morgan fingerprint density at radius 3 is 2.74 bits per heavy atom. The van der Waals surface area contributed by atoms with Gasteiger partial charge in [-0.3, -0.25) is 9.36 Å². The first-order valence-corrected chi connectivity index (χ1v) is 9.75. The molecule has 0 radical (unpaired) electrons. The topological polar surface area (TPSA) is 51.0 Å². The van der Waals surface area contributed by atoms with Crippen LogP contribution in [-0.4, -0.2) is 27.5 Å². The Balaban J connectivity index is 1.87. The molecule has 4 rings (SSSR count). The number of rotatable bonds is 4.